The van der Waals surface area contributed by atoms with Crippen LogP contribution in [0.25, 0.3) is 0 Å². The van der Waals surface area contributed by atoms with Crippen LogP contribution in [0.15, 0.2) is 53.0 Å². The SMILES string of the molecule is O=C(c1ccccc1OCc1ccccc1Br)N1CCN(C2CCS(=O)(=O)C2)CC1. The highest BCUT2D eigenvalue weighted by molar-refractivity contribution is 9.10. The summed E-state index contributed by atoms with van der Waals surface area (Å²) in [7, 11) is -2.90. The van der Waals surface area contributed by atoms with Gasteiger partial charge in [0, 0.05) is 42.3 Å². The van der Waals surface area contributed by atoms with Crippen molar-refractivity contribution in [3.63, 3.8) is 0 Å². The molecule has 1 atom stereocenters. The van der Waals surface area contributed by atoms with Crippen molar-refractivity contribution in [1.29, 1.82) is 0 Å². The van der Waals surface area contributed by atoms with Crippen molar-refractivity contribution in [1.82, 2.24) is 9.80 Å². The van der Waals surface area contributed by atoms with E-state index in [1.807, 2.05) is 47.4 Å². The molecule has 2 aromatic rings. The van der Waals surface area contributed by atoms with Crippen LogP contribution >= 0.6 is 15.9 Å². The quantitative estimate of drug-likeness (QED) is 0.641. The minimum atomic E-state index is -2.90. The number of hydrogen-bond acceptors (Lipinski definition) is 5. The third kappa shape index (κ3) is 4.87. The van der Waals surface area contributed by atoms with E-state index in [1.54, 1.807) is 6.07 Å². The fourth-order valence-electron chi connectivity index (χ4n) is 4.06. The molecule has 160 valence electrons. The minimum Gasteiger partial charge on any atom is -0.488 e. The molecule has 2 saturated heterocycles. The van der Waals surface area contributed by atoms with Crippen LogP contribution in [0.4, 0.5) is 0 Å². The van der Waals surface area contributed by atoms with Gasteiger partial charge < -0.3 is 9.64 Å². The number of hydrogen-bond donors (Lipinski definition) is 0. The van der Waals surface area contributed by atoms with Crippen molar-refractivity contribution >= 4 is 31.7 Å². The molecule has 30 heavy (non-hydrogen) atoms. The van der Waals surface area contributed by atoms with Gasteiger partial charge in [-0.15, -0.1) is 0 Å². The molecule has 2 fully saturated rings. The van der Waals surface area contributed by atoms with Crippen molar-refractivity contribution < 1.29 is 17.9 Å². The number of halogens is 1. The van der Waals surface area contributed by atoms with Gasteiger partial charge in [-0.2, -0.15) is 0 Å². The number of carbonyl (C=O) groups excluding carboxylic acids is 1. The van der Waals surface area contributed by atoms with Gasteiger partial charge in [-0.3, -0.25) is 9.69 Å². The Balaban J connectivity index is 1.39. The van der Waals surface area contributed by atoms with E-state index in [0.29, 0.717) is 50.5 Å². The Bertz CT molecular complexity index is 1020. The Hall–Kier alpha value is -1.90. The van der Waals surface area contributed by atoms with Crippen LogP contribution in [0, 0.1) is 0 Å². The first-order valence-corrected chi connectivity index (χ1v) is 12.7. The van der Waals surface area contributed by atoms with Crippen molar-refractivity contribution in [2.45, 2.75) is 19.1 Å². The maximum Gasteiger partial charge on any atom is 0.257 e. The average Bonchev–Trinajstić information content (AvgIpc) is 3.13. The summed E-state index contributed by atoms with van der Waals surface area (Å²) >= 11 is 3.52. The lowest BCUT2D eigenvalue weighted by Crippen LogP contribution is -2.52. The molecular weight excluding hydrogens is 468 g/mol. The van der Waals surface area contributed by atoms with Gasteiger partial charge in [0.05, 0.1) is 17.1 Å². The fraction of sp³-hybridized carbons (Fsp3) is 0.409. The highest BCUT2D eigenvalue weighted by Crippen LogP contribution is 2.25. The predicted octanol–water partition coefficient (Wildman–Crippen LogP) is 2.97. The molecule has 8 heteroatoms. The van der Waals surface area contributed by atoms with Gasteiger partial charge in [-0.05, 0) is 24.6 Å². The summed E-state index contributed by atoms with van der Waals surface area (Å²) in [5, 5.41) is 0. The van der Waals surface area contributed by atoms with E-state index in [-0.39, 0.29) is 23.5 Å². The van der Waals surface area contributed by atoms with Gasteiger partial charge in [-0.25, -0.2) is 8.42 Å². The number of sulfone groups is 1. The third-order valence-corrected chi connectivity index (χ3v) is 8.31. The second-order valence-electron chi connectivity index (χ2n) is 7.76. The summed E-state index contributed by atoms with van der Waals surface area (Å²) in [6.45, 7) is 2.95. The molecule has 0 aromatic heterocycles. The van der Waals surface area contributed by atoms with Gasteiger partial charge in [-0.1, -0.05) is 46.3 Å². The minimum absolute atomic E-state index is 0.0450. The van der Waals surface area contributed by atoms with Gasteiger partial charge in [0.15, 0.2) is 9.84 Å². The van der Waals surface area contributed by atoms with Crippen LogP contribution in [-0.2, 0) is 16.4 Å². The van der Waals surface area contributed by atoms with Crippen LogP contribution in [0.1, 0.15) is 22.3 Å². The standard InChI is InChI=1S/C22H25BrN2O4S/c23-20-7-3-1-5-17(20)15-29-21-8-4-2-6-19(21)22(26)25-12-10-24(11-13-25)18-9-14-30(27,28)16-18/h1-8,18H,9-16H2. The van der Waals surface area contributed by atoms with E-state index < -0.39 is 9.84 Å². The number of benzene rings is 2. The molecule has 2 aromatic carbocycles. The van der Waals surface area contributed by atoms with Crippen LogP contribution in [-0.4, -0.2) is 67.9 Å². The topological polar surface area (TPSA) is 66.9 Å². The molecule has 2 aliphatic rings. The summed E-state index contributed by atoms with van der Waals surface area (Å²) in [5.41, 5.74) is 1.57. The van der Waals surface area contributed by atoms with Gasteiger partial charge in [0.2, 0.25) is 0 Å². The molecule has 0 spiro atoms. The highest BCUT2D eigenvalue weighted by Gasteiger charge is 2.34. The number of ether oxygens (including phenoxy) is 1. The first-order chi connectivity index (χ1) is 14.4. The summed E-state index contributed by atoms with van der Waals surface area (Å²) in [6.07, 6.45) is 0.696. The highest BCUT2D eigenvalue weighted by atomic mass is 79.9. The molecule has 4 rings (SSSR count). The van der Waals surface area contributed by atoms with E-state index in [2.05, 4.69) is 20.8 Å². The largest absolute Gasteiger partial charge is 0.488 e. The van der Waals surface area contributed by atoms with Crippen molar-refractivity contribution in [2.75, 3.05) is 37.7 Å². The Kier molecular flexibility index (Phi) is 6.46. The predicted molar refractivity (Wildman–Crippen MR) is 119 cm³/mol. The lowest BCUT2D eigenvalue weighted by atomic mass is 10.1. The van der Waals surface area contributed by atoms with Gasteiger partial charge in [0.25, 0.3) is 5.91 Å². The van der Waals surface area contributed by atoms with Crippen molar-refractivity contribution in [3.8, 4) is 5.75 Å². The molecule has 0 bridgehead atoms. The maximum absolute atomic E-state index is 13.2. The Labute approximate surface area is 185 Å². The molecule has 2 aliphatic heterocycles. The van der Waals surface area contributed by atoms with Crippen LogP contribution in [0.2, 0.25) is 0 Å². The summed E-state index contributed by atoms with van der Waals surface area (Å²) < 4.78 is 30.5. The third-order valence-electron chi connectivity index (χ3n) is 5.78. The Morgan fingerprint density at radius 3 is 2.43 bits per heavy atom. The first-order valence-electron chi connectivity index (χ1n) is 10.1. The molecule has 6 nitrogen and oxygen atoms in total. The lowest BCUT2D eigenvalue weighted by Gasteiger charge is -2.37. The molecule has 0 saturated carbocycles. The summed E-state index contributed by atoms with van der Waals surface area (Å²) in [6, 6.07) is 15.3. The smallest absolute Gasteiger partial charge is 0.257 e. The van der Waals surface area contributed by atoms with E-state index in [1.165, 1.54) is 0 Å². The monoisotopic (exact) mass is 492 g/mol. The normalized spacial score (nSPS) is 21.5. The van der Waals surface area contributed by atoms with E-state index in [4.69, 9.17) is 4.74 Å². The zero-order valence-electron chi connectivity index (χ0n) is 16.7. The molecule has 1 unspecified atom stereocenters. The number of amides is 1. The van der Waals surface area contributed by atoms with Crippen molar-refractivity contribution in [3.05, 3.63) is 64.1 Å². The van der Waals surface area contributed by atoms with E-state index in [0.717, 1.165) is 10.0 Å². The second-order valence-corrected chi connectivity index (χ2v) is 10.8. The van der Waals surface area contributed by atoms with E-state index >= 15 is 0 Å². The Morgan fingerprint density at radius 1 is 1.03 bits per heavy atom. The van der Waals surface area contributed by atoms with Gasteiger partial charge in [0.1, 0.15) is 12.4 Å². The first kappa shape index (κ1) is 21.3. The zero-order chi connectivity index (χ0) is 21.1. The lowest BCUT2D eigenvalue weighted by molar-refractivity contribution is 0.0583. The second kappa shape index (κ2) is 9.08. The summed E-state index contributed by atoms with van der Waals surface area (Å²) in [5.74, 6) is 1.05. The van der Waals surface area contributed by atoms with Crippen LogP contribution in [0.5, 0.6) is 5.75 Å². The number of piperazine rings is 1. The molecule has 0 aliphatic carbocycles. The molecule has 1 amide bonds. The number of carbonyl (C=O) groups is 1. The molecule has 0 N–H and O–H groups in total. The number of nitrogens with zero attached hydrogens (tertiary/aromatic N) is 2. The molecule has 2 heterocycles. The van der Waals surface area contributed by atoms with Gasteiger partial charge >= 0.3 is 0 Å². The van der Waals surface area contributed by atoms with E-state index in [9.17, 15) is 13.2 Å². The average molecular weight is 493 g/mol. The summed E-state index contributed by atoms with van der Waals surface area (Å²) in [4.78, 5) is 17.2. The molecule has 0 radical (unpaired) electrons. The zero-order valence-corrected chi connectivity index (χ0v) is 19.1. The van der Waals surface area contributed by atoms with Crippen LogP contribution < -0.4 is 4.74 Å². The maximum atomic E-state index is 13.2. The van der Waals surface area contributed by atoms with Crippen LogP contribution in [0.3, 0.4) is 0 Å². The Morgan fingerprint density at radius 2 is 1.73 bits per heavy atom. The van der Waals surface area contributed by atoms with Crippen molar-refractivity contribution in [2.24, 2.45) is 0 Å². The molecular formula is C22H25BrN2O4S. The number of rotatable bonds is 5. The fourth-order valence-corrected chi connectivity index (χ4v) is 6.22. The number of para-hydroxylation sites is 1.